The Hall–Kier alpha value is -3.03. The summed E-state index contributed by atoms with van der Waals surface area (Å²) < 4.78 is 39.6. The van der Waals surface area contributed by atoms with Crippen LogP contribution in [0.25, 0.3) is 0 Å². The van der Waals surface area contributed by atoms with Crippen LogP contribution in [0.4, 0.5) is 23.7 Å². The average molecular weight is 338 g/mol. The van der Waals surface area contributed by atoms with E-state index in [1.165, 1.54) is 19.1 Å². The Balaban J connectivity index is 2.16. The van der Waals surface area contributed by atoms with E-state index in [0.29, 0.717) is 6.07 Å². The first-order chi connectivity index (χ1) is 11.3. The second kappa shape index (κ2) is 7.03. The molecule has 24 heavy (non-hydrogen) atoms. The van der Waals surface area contributed by atoms with E-state index in [0.717, 1.165) is 18.2 Å². The van der Waals surface area contributed by atoms with E-state index in [9.17, 15) is 27.9 Å². The number of benzene rings is 2. The Morgan fingerprint density at radius 3 is 2.33 bits per heavy atom. The number of carboxylic acids is 1. The van der Waals surface area contributed by atoms with Gasteiger partial charge >= 0.3 is 12.0 Å². The molecule has 0 bridgehead atoms. The third-order valence-corrected chi connectivity index (χ3v) is 3.22. The highest BCUT2D eigenvalue weighted by molar-refractivity contribution is 5.92. The molecule has 1 atom stereocenters. The Bertz CT molecular complexity index is 796. The zero-order valence-corrected chi connectivity index (χ0v) is 12.4. The highest BCUT2D eigenvalue weighted by Crippen LogP contribution is 2.19. The molecule has 3 N–H and O–H groups in total. The molecule has 2 aromatic carbocycles. The van der Waals surface area contributed by atoms with Crippen LogP contribution in [0.5, 0.6) is 0 Å². The summed E-state index contributed by atoms with van der Waals surface area (Å²) in [6, 6.07) is 3.64. The van der Waals surface area contributed by atoms with Gasteiger partial charge in [-0.25, -0.2) is 22.8 Å². The van der Waals surface area contributed by atoms with E-state index in [-0.39, 0.29) is 16.8 Å². The molecule has 0 fully saturated rings. The van der Waals surface area contributed by atoms with Crippen molar-refractivity contribution >= 4 is 17.7 Å². The third-order valence-electron chi connectivity index (χ3n) is 3.22. The zero-order valence-electron chi connectivity index (χ0n) is 12.4. The van der Waals surface area contributed by atoms with Crippen molar-refractivity contribution in [2.24, 2.45) is 0 Å². The standard InChI is InChI=1S/C16H13F3N2O3/c1-8-6-9(2-4-11(8)18)14(15(22)23)21-16(24)20-13-5-3-10(17)7-12(13)19/h2-7,14H,1H3,(H,22,23)(H2,20,21,24)/t14-/m0/s1. The lowest BCUT2D eigenvalue weighted by Gasteiger charge is -2.16. The van der Waals surface area contributed by atoms with Crippen molar-refractivity contribution in [3.63, 3.8) is 0 Å². The molecule has 0 aliphatic carbocycles. The van der Waals surface area contributed by atoms with Crippen LogP contribution in [0.3, 0.4) is 0 Å². The third kappa shape index (κ3) is 4.03. The monoisotopic (exact) mass is 338 g/mol. The van der Waals surface area contributed by atoms with Gasteiger partial charge in [-0.15, -0.1) is 0 Å². The molecule has 0 aliphatic heterocycles. The summed E-state index contributed by atoms with van der Waals surface area (Å²) in [5.41, 5.74) is 0.0509. The fourth-order valence-electron chi connectivity index (χ4n) is 2.02. The lowest BCUT2D eigenvalue weighted by molar-refractivity contribution is -0.139. The molecular formula is C16H13F3N2O3. The van der Waals surface area contributed by atoms with Gasteiger partial charge in [0, 0.05) is 6.07 Å². The SMILES string of the molecule is Cc1cc([C@H](NC(=O)Nc2ccc(F)cc2F)C(=O)O)ccc1F. The number of carbonyl (C=O) groups excluding carboxylic acids is 1. The van der Waals surface area contributed by atoms with Gasteiger partial charge in [0.15, 0.2) is 6.04 Å². The number of hydrogen-bond acceptors (Lipinski definition) is 2. The fourth-order valence-corrected chi connectivity index (χ4v) is 2.02. The second-order valence-electron chi connectivity index (χ2n) is 5.00. The molecule has 2 amide bonds. The maximum atomic E-state index is 13.5. The minimum atomic E-state index is -1.46. The summed E-state index contributed by atoms with van der Waals surface area (Å²) in [5, 5.41) is 13.5. The minimum absolute atomic E-state index is 0.149. The van der Waals surface area contributed by atoms with Crippen molar-refractivity contribution in [1.82, 2.24) is 5.32 Å². The van der Waals surface area contributed by atoms with Gasteiger partial charge < -0.3 is 15.7 Å². The van der Waals surface area contributed by atoms with Gasteiger partial charge in [0.1, 0.15) is 17.5 Å². The topological polar surface area (TPSA) is 78.4 Å². The summed E-state index contributed by atoms with van der Waals surface area (Å²) >= 11 is 0. The van der Waals surface area contributed by atoms with Crippen molar-refractivity contribution in [1.29, 1.82) is 0 Å². The van der Waals surface area contributed by atoms with Crippen molar-refractivity contribution in [2.45, 2.75) is 13.0 Å². The first kappa shape index (κ1) is 17.3. The predicted octanol–water partition coefficient (Wildman–Crippen LogP) is 3.36. The number of aryl methyl sites for hydroxylation is 1. The lowest BCUT2D eigenvalue weighted by Crippen LogP contribution is -2.37. The maximum Gasteiger partial charge on any atom is 0.330 e. The van der Waals surface area contributed by atoms with Crippen LogP contribution in [0, 0.1) is 24.4 Å². The van der Waals surface area contributed by atoms with Crippen molar-refractivity contribution in [3.05, 3.63) is 65.0 Å². The summed E-state index contributed by atoms with van der Waals surface area (Å²) in [6.07, 6.45) is 0. The first-order valence-electron chi connectivity index (χ1n) is 6.79. The number of nitrogens with one attached hydrogen (secondary N) is 2. The number of aliphatic carboxylic acids is 1. The molecule has 0 heterocycles. The van der Waals surface area contributed by atoms with E-state index in [1.807, 2.05) is 0 Å². The van der Waals surface area contributed by atoms with Crippen molar-refractivity contribution in [3.8, 4) is 0 Å². The van der Waals surface area contributed by atoms with Crippen molar-refractivity contribution in [2.75, 3.05) is 5.32 Å². The Morgan fingerprint density at radius 1 is 1.04 bits per heavy atom. The maximum absolute atomic E-state index is 13.5. The summed E-state index contributed by atoms with van der Waals surface area (Å²) in [4.78, 5) is 23.2. The van der Waals surface area contributed by atoms with Crippen LogP contribution in [0.15, 0.2) is 36.4 Å². The van der Waals surface area contributed by atoms with Crippen LogP contribution in [0.2, 0.25) is 0 Å². The number of rotatable bonds is 4. The summed E-state index contributed by atoms with van der Waals surface area (Å²) in [7, 11) is 0. The van der Waals surface area contributed by atoms with E-state index in [2.05, 4.69) is 10.6 Å². The van der Waals surface area contributed by atoms with Crippen molar-refractivity contribution < 1.29 is 27.9 Å². The smallest absolute Gasteiger partial charge is 0.330 e. The molecule has 2 rings (SSSR count). The Labute approximate surface area is 135 Å². The number of amides is 2. The molecule has 0 saturated carbocycles. The molecule has 8 heteroatoms. The Morgan fingerprint density at radius 2 is 1.75 bits per heavy atom. The molecule has 0 aliphatic rings. The average Bonchev–Trinajstić information content (AvgIpc) is 2.50. The predicted molar refractivity (Wildman–Crippen MR) is 80.0 cm³/mol. The van der Waals surface area contributed by atoms with Crippen LogP contribution in [-0.4, -0.2) is 17.1 Å². The highest BCUT2D eigenvalue weighted by Gasteiger charge is 2.23. The first-order valence-corrected chi connectivity index (χ1v) is 6.79. The highest BCUT2D eigenvalue weighted by atomic mass is 19.1. The van der Waals surface area contributed by atoms with Crippen LogP contribution in [-0.2, 0) is 4.79 Å². The molecule has 0 unspecified atom stereocenters. The molecule has 0 radical (unpaired) electrons. The van der Waals surface area contributed by atoms with Gasteiger partial charge in [0.25, 0.3) is 0 Å². The number of carbonyl (C=O) groups is 2. The lowest BCUT2D eigenvalue weighted by atomic mass is 10.0. The molecule has 0 aromatic heterocycles. The van der Waals surface area contributed by atoms with Gasteiger partial charge in [0.2, 0.25) is 0 Å². The van der Waals surface area contributed by atoms with Crippen LogP contribution >= 0.6 is 0 Å². The molecule has 0 saturated heterocycles. The van der Waals surface area contributed by atoms with Gasteiger partial charge in [-0.05, 0) is 36.2 Å². The Kier molecular flexibility index (Phi) is 5.08. The summed E-state index contributed by atoms with van der Waals surface area (Å²) in [5.74, 6) is -3.71. The molecule has 2 aromatic rings. The molecular weight excluding hydrogens is 325 g/mol. The largest absolute Gasteiger partial charge is 0.479 e. The van der Waals surface area contributed by atoms with Gasteiger partial charge in [-0.1, -0.05) is 12.1 Å². The molecule has 126 valence electrons. The van der Waals surface area contributed by atoms with Gasteiger partial charge in [-0.2, -0.15) is 0 Å². The number of hydrogen-bond donors (Lipinski definition) is 3. The quantitative estimate of drug-likeness (QED) is 0.800. The number of halogens is 3. The zero-order chi connectivity index (χ0) is 17.9. The van der Waals surface area contributed by atoms with E-state index >= 15 is 0 Å². The molecule has 5 nitrogen and oxygen atoms in total. The molecule has 0 spiro atoms. The van der Waals surface area contributed by atoms with E-state index in [4.69, 9.17) is 0 Å². The van der Waals surface area contributed by atoms with E-state index in [1.54, 1.807) is 0 Å². The second-order valence-corrected chi connectivity index (χ2v) is 5.00. The van der Waals surface area contributed by atoms with Gasteiger partial charge in [-0.3, -0.25) is 0 Å². The number of anilines is 1. The van der Waals surface area contributed by atoms with Crippen LogP contribution in [0.1, 0.15) is 17.2 Å². The fraction of sp³-hybridized carbons (Fsp3) is 0.125. The minimum Gasteiger partial charge on any atom is -0.479 e. The normalized spacial score (nSPS) is 11.7. The van der Waals surface area contributed by atoms with E-state index < -0.39 is 35.5 Å². The number of carboxylic acid groups (broad SMARTS) is 1. The van der Waals surface area contributed by atoms with Crippen LogP contribution < -0.4 is 10.6 Å². The van der Waals surface area contributed by atoms with Gasteiger partial charge in [0.05, 0.1) is 5.69 Å². The number of urea groups is 1. The summed E-state index contributed by atoms with van der Waals surface area (Å²) in [6.45, 7) is 1.45.